The van der Waals surface area contributed by atoms with Gasteiger partial charge in [0, 0.05) is 11.5 Å². The first-order valence-electron chi connectivity index (χ1n) is 7.80. The van der Waals surface area contributed by atoms with Crippen LogP contribution in [0.25, 0.3) is 0 Å². The van der Waals surface area contributed by atoms with Gasteiger partial charge >= 0.3 is 0 Å². The molecule has 3 nitrogen and oxygen atoms in total. The van der Waals surface area contributed by atoms with E-state index in [1.807, 2.05) is 0 Å². The molecule has 110 valence electrons. The third-order valence-corrected chi connectivity index (χ3v) is 5.05. The molecule has 0 aliphatic heterocycles. The Morgan fingerprint density at radius 2 is 1.64 bits per heavy atom. The molecule has 3 heteroatoms. The van der Waals surface area contributed by atoms with Gasteiger partial charge in [-0.15, -0.1) is 0 Å². The molecule has 2 aliphatic rings. The van der Waals surface area contributed by atoms with Gasteiger partial charge in [0.05, 0.1) is 23.1 Å². The van der Waals surface area contributed by atoms with Crippen molar-refractivity contribution in [2.75, 3.05) is 0 Å². The average Bonchev–Trinajstić information content (AvgIpc) is 3.18. The van der Waals surface area contributed by atoms with Crippen molar-refractivity contribution >= 4 is 0 Å². The van der Waals surface area contributed by atoms with Crippen molar-refractivity contribution in [3.8, 4) is 24.0 Å². The monoisotopic (exact) mass is 290 g/mol. The van der Waals surface area contributed by atoms with Gasteiger partial charge in [-0.2, -0.15) is 10.5 Å². The molecule has 1 aromatic rings. The molecule has 0 amide bonds. The Morgan fingerprint density at radius 1 is 1.05 bits per heavy atom. The molecule has 0 spiro atoms. The second kappa shape index (κ2) is 5.49. The minimum absolute atomic E-state index is 0.0977. The Labute approximate surface area is 131 Å². The van der Waals surface area contributed by atoms with Gasteiger partial charge in [0.2, 0.25) is 0 Å². The highest BCUT2D eigenvalue weighted by molar-refractivity contribution is 5.43. The third-order valence-electron chi connectivity index (χ3n) is 5.05. The van der Waals surface area contributed by atoms with Crippen LogP contribution in [0.15, 0.2) is 24.3 Å². The smallest absolute Gasteiger partial charge is 0.147 e. The number of nitriles is 2. The Balaban J connectivity index is 1.93. The number of benzene rings is 1. The summed E-state index contributed by atoms with van der Waals surface area (Å²) in [5, 5.41) is 29.5. The maximum absolute atomic E-state index is 11.2. The van der Waals surface area contributed by atoms with Gasteiger partial charge in [0.1, 0.15) is 5.60 Å². The van der Waals surface area contributed by atoms with Gasteiger partial charge in [0.15, 0.2) is 0 Å². The van der Waals surface area contributed by atoms with E-state index in [4.69, 9.17) is 5.26 Å². The van der Waals surface area contributed by atoms with Gasteiger partial charge in [-0.3, -0.25) is 0 Å². The number of nitrogens with zero attached hydrogens (tertiary/aromatic N) is 2. The maximum Gasteiger partial charge on any atom is 0.147 e. The molecule has 2 fully saturated rings. The SMILES string of the molecule is N#Cc1ccc(C#C[C@@](O)(C2CCCC2)C2(C#N)CC2)cc1. The molecule has 1 aromatic carbocycles. The summed E-state index contributed by atoms with van der Waals surface area (Å²) in [5.41, 5.74) is -0.523. The van der Waals surface area contributed by atoms with Crippen molar-refractivity contribution in [3.63, 3.8) is 0 Å². The molecule has 0 heterocycles. The fourth-order valence-electron chi connectivity index (χ4n) is 3.45. The normalized spacial score (nSPS) is 21.8. The molecule has 0 unspecified atom stereocenters. The summed E-state index contributed by atoms with van der Waals surface area (Å²) >= 11 is 0. The highest BCUT2D eigenvalue weighted by atomic mass is 16.3. The number of rotatable bonds is 2. The first-order valence-corrected chi connectivity index (χ1v) is 7.80. The van der Waals surface area contributed by atoms with Crippen LogP contribution in [0.1, 0.15) is 49.7 Å². The van der Waals surface area contributed by atoms with Crippen molar-refractivity contribution in [3.05, 3.63) is 35.4 Å². The van der Waals surface area contributed by atoms with Crippen molar-refractivity contribution < 1.29 is 5.11 Å². The fraction of sp³-hybridized carbons (Fsp3) is 0.474. The number of hydrogen-bond acceptors (Lipinski definition) is 3. The van der Waals surface area contributed by atoms with Crippen LogP contribution in [-0.4, -0.2) is 10.7 Å². The van der Waals surface area contributed by atoms with Crippen LogP contribution in [0.4, 0.5) is 0 Å². The lowest BCUT2D eigenvalue weighted by molar-refractivity contribution is -0.00659. The molecule has 1 atom stereocenters. The van der Waals surface area contributed by atoms with Crippen LogP contribution in [-0.2, 0) is 0 Å². The van der Waals surface area contributed by atoms with E-state index >= 15 is 0 Å². The fourth-order valence-corrected chi connectivity index (χ4v) is 3.45. The molecular weight excluding hydrogens is 272 g/mol. The Kier molecular flexibility index (Phi) is 3.66. The maximum atomic E-state index is 11.2. The lowest BCUT2D eigenvalue weighted by atomic mass is 9.74. The zero-order chi connectivity index (χ0) is 15.6. The lowest BCUT2D eigenvalue weighted by Crippen LogP contribution is -2.44. The largest absolute Gasteiger partial charge is 0.376 e. The Bertz CT molecular complexity index is 701. The summed E-state index contributed by atoms with van der Waals surface area (Å²) in [6.07, 6.45) is 5.57. The van der Waals surface area contributed by atoms with E-state index < -0.39 is 11.0 Å². The van der Waals surface area contributed by atoms with E-state index in [0.717, 1.165) is 44.1 Å². The van der Waals surface area contributed by atoms with Crippen LogP contribution in [0.3, 0.4) is 0 Å². The average molecular weight is 290 g/mol. The van der Waals surface area contributed by atoms with E-state index in [2.05, 4.69) is 24.0 Å². The van der Waals surface area contributed by atoms with E-state index in [0.29, 0.717) is 5.56 Å². The summed E-state index contributed by atoms with van der Waals surface area (Å²) in [7, 11) is 0. The van der Waals surface area contributed by atoms with E-state index in [-0.39, 0.29) is 5.92 Å². The minimum atomic E-state index is -1.20. The van der Waals surface area contributed by atoms with Crippen LogP contribution in [0.5, 0.6) is 0 Å². The number of hydrogen-bond donors (Lipinski definition) is 1. The van der Waals surface area contributed by atoms with Gasteiger partial charge in [-0.25, -0.2) is 0 Å². The first kappa shape index (κ1) is 14.6. The van der Waals surface area contributed by atoms with E-state index in [1.165, 1.54) is 0 Å². The first-order chi connectivity index (χ1) is 10.6. The number of aliphatic hydroxyl groups is 1. The lowest BCUT2D eigenvalue weighted by Gasteiger charge is -2.33. The molecule has 0 radical (unpaired) electrons. The second-order valence-electron chi connectivity index (χ2n) is 6.38. The summed E-state index contributed by atoms with van der Waals surface area (Å²) < 4.78 is 0. The van der Waals surface area contributed by atoms with Gasteiger partial charge < -0.3 is 5.11 Å². The topological polar surface area (TPSA) is 67.8 Å². The molecule has 22 heavy (non-hydrogen) atoms. The zero-order valence-electron chi connectivity index (χ0n) is 12.5. The molecule has 0 saturated heterocycles. The summed E-state index contributed by atoms with van der Waals surface area (Å²) in [4.78, 5) is 0. The second-order valence-corrected chi connectivity index (χ2v) is 6.38. The minimum Gasteiger partial charge on any atom is -0.376 e. The zero-order valence-corrected chi connectivity index (χ0v) is 12.5. The highest BCUT2D eigenvalue weighted by Crippen LogP contribution is 2.58. The van der Waals surface area contributed by atoms with Crippen molar-refractivity contribution in [2.24, 2.45) is 11.3 Å². The molecule has 1 N–H and O–H groups in total. The van der Waals surface area contributed by atoms with Crippen LogP contribution in [0, 0.1) is 45.8 Å². The Hall–Kier alpha value is -2.28. The quantitative estimate of drug-likeness (QED) is 0.851. The molecule has 3 rings (SSSR count). The van der Waals surface area contributed by atoms with Crippen LogP contribution >= 0.6 is 0 Å². The van der Waals surface area contributed by atoms with Gasteiger partial charge in [-0.05, 0) is 49.9 Å². The van der Waals surface area contributed by atoms with Crippen molar-refractivity contribution in [2.45, 2.75) is 44.1 Å². The van der Waals surface area contributed by atoms with Gasteiger partial charge in [0.25, 0.3) is 0 Å². The van der Waals surface area contributed by atoms with Crippen LogP contribution < -0.4 is 0 Å². The van der Waals surface area contributed by atoms with E-state index in [1.54, 1.807) is 24.3 Å². The van der Waals surface area contributed by atoms with Crippen molar-refractivity contribution in [1.82, 2.24) is 0 Å². The van der Waals surface area contributed by atoms with Crippen molar-refractivity contribution in [1.29, 1.82) is 10.5 Å². The molecule has 0 aromatic heterocycles. The third kappa shape index (κ3) is 2.37. The standard InChI is InChI=1S/C19H18N2O/c20-13-16-7-5-15(6-8-16)9-10-19(22,17-3-1-2-4-17)18(14-21)11-12-18/h5-8,17,22H,1-4,11-12H2/t19-/m1/s1. The summed E-state index contributed by atoms with van der Waals surface area (Å²) in [5.74, 6) is 6.18. The summed E-state index contributed by atoms with van der Waals surface area (Å²) in [6.45, 7) is 0. The molecule has 0 bridgehead atoms. The van der Waals surface area contributed by atoms with E-state index in [9.17, 15) is 10.4 Å². The van der Waals surface area contributed by atoms with Crippen LogP contribution in [0.2, 0.25) is 0 Å². The molecule has 2 aliphatic carbocycles. The Morgan fingerprint density at radius 3 is 2.14 bits per heavy atom. The molecular formula is C19H18N2O. The highest BCUT2D eigenvalue weighted by Gasteiger charge is 2.62. The predicted molar refractivity (Wildman–Crippen MR) is 82.2 cm³/mol. The van der Waals surface area contributed by atoms with Gasteiger partial charge in [-0.1, -0.05) is 24.7 Å². The molecule has 2 saturated carbocycles. The predicted octanol–water partition coefficient (Wildman–Crippen LogP) is 3.13. The summed E-state index contributed by atoms with van der Waals surface area (Å²) in [6, 6.07) is 11.4.